The van der Waals surface area contributed by atoms with Gasteiger partial charge in [0.25, 0.3) is 0 Å². The van der Waals surface area contributed by atoms with Crippen LogP contribution in [-0.2, 0) is 15.3 Å². The summed E-state index contributed by atoms with van der Waals surface area (Å²) < 4.78 is 7.23. The van der Waals surface area contributed by atoms with E-state index >= 15 is 0 Å². The fourth-order valence-electron chi connectivity index (χ4n) is 2.53. The highest BCUT2D eigenvalue weighted by atomic mass is 32.2. The number of benzene rings is 2. The molecule has 0 amide bonds. The number of hydrogen-bond donors (Lipinski definition) is 0. The van der Waals surface area contributed by atoms with Crippen LogP contribution in [0.5, 0.6) is 0 Å². The van der Waals surface area contributed by atoms with E-state index in [4.69, 9.17) is 4.74 Å². The molecule has 146 valence electrons. The Balaban J connectivity index is 1.78. The molecule has 1 aromatic heterocycles. The summed E-state index contributed by atoms with van der Waals surface area (Å²) in [6.45, 7) is 5.76. The monoisotopic (exact) mass is 413 g/mol. The summed E-state index contributed by atoms with van der Waals surface area (Å²) in [6, 6.07) is 18.4. The molecule has 7 heteroatoms. The highest BCUT2D eigenvalue weighted by molar-refractivity contribution is 7.99. The fourth-order valence-corrected chi connectivity index (χ4v) is 4.09. The van der Waals surface area contributed by atoms with Gasteiger partial charge in [-0.2, -0.15) is 0 Å². The zero-order valence-corrected chi connectivity index (χ0v) is 17.8. The number of ether oxygens (including phenoxy) is 1. The smallest absolute Gasteiger partial charge is 0.316 e. The number of carbonyl (C=O) groups excluding carboxylic acids is 1. The van der Waals surface area contributed by atoms with Crippen molar-refractivity contribution in [3.63, 3.8) is 0 Å². The fraction of sp³-hybridized carbons (Fsp3) is 0.286. The third-order valence-corrected chi connectivity index (χ3v) is 5.70. The van der Waals surface area contributed by atoms with Gasteiger partial charge in [-0.25, -0.2) is 0 Å². The van der Waals surface area contributed by atoms with Crippen LogP contribution in [0.15, 0.2) is 64.6 Å². The van der Waals surface area contributed by atoms with Gasteiger partial charge < -0.3 is 4.74 Å². The molecule has 0 atom stereocenters. The van der Waals surface area contributed by atoms with Crippen molar-refractivity contribution in [3.05, 3.63) is 66.0 Å². The van der Waals surface area contributed by atoms with Crippen molar-refractivity contribution in [1.29, 1.82) is 0 Å². The first-order valence-corrected chi connectivity index (χ1v) is 11.0. The summed E-state index contributed by atoms with van der Waals surface area (Å²) in [7, 11) is 0. The van der Waals surface area contributed by atoms with Gasteiger partial charge in [0.05, 0.1) is 17.6 Å². The lowest BCUT2D eigenvalue weighted by Gasteiger charge is -2.11. The predicted octanol–water partition coefficient (Wildman–Crippen LogP) is 4.91. The number of nitrogens with zero attached hydrogens (tertiary/aromatic N) is 3. The Morgan fingerprint density at radius 1 is 1.04 bits per heavy atom. The van der Waals surface area contributed by atoms with E-state index in [0.717, 1.165) is 11.5 Å². The van der Waals surface area contributed by atoms with E-state index in [9.17, 15) is 4.79 Å². The van der Waals surface area contributed by atoms with Crippen molar-refractivity contribution >= 4 is 29.5 Å². The lowest BCUT2D eigenvalue weighted by atomic mass is 10.2. The average molecular weight is 414 g/mol. The first-order chi connectivity index (χ1) is 13.5. The topological polar surface area (TPSA) is 57.0 Å². The molecule has 3 aromatic rings. The van der Waals surface area contributed by atoms with Gasteiger partial charge >= 0.3 is 5.97 Å². The molecule has 5 nitrogen and oxygen atoms in total. The highest BCUT2D eigenvalue weighted by Gasteiger charge is 2.17. The summed E-state index contributed by atoms with van der Waals surface area (Å²) in [6.07, 6.45) is -0.124. The molecule has 0 saturated carbocycles. The molecule has 0 unspecified atom stereocenters. The van der Waals surface area contributed by atoms with Crippen LogP contribution < -0.4 is 0 Å². The van der Waals surface area contributed by atoms with Crippen LogP contribution in [0, 0.1) is 6.92 Å². The second-order valence-corrected chi connectivity index (χ2v) is 8.49. The van der Waals surface area contributed by atoms with E-state index in [1.807, 2.05) is 48.7 Å². The van der Waals surface area contributed by atoms with E-state index in [0.29, 0.717) is 10.9 Å². The molecule has 0 radical (unpaired) electrons. The molecule has 0 N–H and O–H groups in total. The van der Waals surface area contributed by atoms with Crippen molar-refractivity contribution in [3.8, 4) is 5.69 Å². The molecule has 0 aliphatic rings. The van der Waals surface area contributed by atoms with E-state index < -0.39 is 0 Å². The van der Waals surface area contributed by atoms with Crippen LogP contribution in [-0.4, -0.2) is 32.6 Å². The Hall–Kier alpha value is -2.25. The number of esters is 1. The van der Waals surface area contributed by atoms with Gasteiger partial charge in [-0.3, -0.25) is 9.36 Å². The number of aryl methyl sites for hydroxylation is 1. The van der Waals surface area contributed by atoms with Crippen LogP contribution in [0.1, 0.15) is 25.2 Å². The van der Waals surface area contributed by atoms with Crippen LogP contribution in [0.25, 0.3) is 5.69 Å². The largest absolute Gasteiger partial charge is 0.462 e. The second kappa shape index (κ2) is 9.80. The van der Waals surface area contributed by atoms with Gasteiger partial charge in [0, 0.05) is 10.6 Å². The lowest BCUT2D eigenvalue weighted by Crippen LogP contribution is -2.13. The first-order valence-electron chi connectivity index (χ1n) is 9.04. The van der Waals surface area contributed by atoms with E-state index in [2.05, 4.69) is 41.4 Å². The Labute approximate surface area is 173 Å². The Bertz CT molecular complexity index is 909. The highest BCUT2D eigenvalue weighted by Crippen LogP contribution is 2.27. The van der Waals surface area contributed by atoms with E-state index in [1.165, 1.54) is 22.2 Å². The van der Waals surface area contributed by atoms with Crippen LogP contribution in [0.3, 0.4) is 0 Å². The number of hydrogen-bond acceptors (Lipinski definition) is 6. The summed E-state index contributed by atoms with van der Waals surface area (Å²) in [4.78, 5) is 13.1. The van der Waals surface area contributed by atoms with Crippen LogP contribution >= 0.6 is 23.5 Å². The van der Waals surface area contributed by atoms with Crippen molar-refractivity contribution in [2.75, 3.05) is 5.75 Å². The molecule has 28 heavy (non-hydrogen) atoms. The summed E-state index contributed by atoms with van der Waals surface area (Å²) in [5, 5.41) is 9.39. The first kappa shape index (κ1) is 20.5. The number of aromatic nitrogens is 3. The molecular weight excluding hydrogens is 390 g/mol. The van der Waals surface area contributed by atoms with Crippen molar-refractivity contribution in [2.45, 2.75) is 42.7 Å². The normalized spacial score (nSPS) is 11.0. The van der Waals surface area contributed by atoms with Gasteiger partial charge in [-0.05, 0) is 45.0 Å². The molecule has 1 heterocycles. The molecule has 0 bridgehead atoms. The number of carbonyl (C=O) groups is 1. The van der Waals surface area contributed by atoms with Crippen LogP contribution in [0.2, 0.25) is 0 Å². The zero-order valence-electron chi connectivity index (χ0n) is 16.2. The number of thioether (sulfide) groups is 2. The lowest BCUT2D eigenvalue weighted by molar-refractivity contribution is -0.144. The van der Waals surface area contributed by atoms with Gasteiger partial charge in [-0.1, -0.05) is 47.7 Å². The standard InChI is InChI=1S/C21H23N3O2S2/c1-15(2)26-20(25)14-28-21-23-22-19(24(21)17-7-5-4-6-8-17)13-27-18-11-9-16(3)10-12-18/h4-12,15H,13-14H2,1-3H3. The van der Waals surface area contributed by atoms with Gasteiger partial charge in [0.1, 0.15) is 5.82 Å². The van der Waals surface area contributed by atoms with Gasteiger partial charge in [0.2, 0.25) is 0 Å². The minimum Gasteiger partial charge on any atom is -0.462 e. The molecule has 2 aromatic carbocycles. The summed E-state index contributed by atoms with van der Waals surface area (Å²) >= 11 is 3.05. The van der Waals surface area contributed by atoms with Crippen LogP contribution in [0.4, 0.5) is 0 Å². The molecule has 0 spiro atoms. The molecular formula is C21H23N3O2S2. The molecule has 0 fully saturated rings. The maximum absolute atomic E-state index is 11.9. The number of para-hydroxylation sites is 1. The molecule has 3 rings (SSSR count). The summed E-state index contributed by atoms with van der Waals surface area (Å²) in [5.41, 5.74) is 2.22. The van der Waals surface area contributed by atoms with E-state index in [-0.39, 0.29) is 17.8 Å². The third kappa shape index (κ3) is 5.62. The quantitative estimate of drug-likeness (QED) is 0.386. The summed E-state index contributed by atoms with van der Waals surface area (Å²) in [5.74, 6) is 1.48. The van der Waals surface area contributed by atoms with Gasteiger partial charge in [0.15, 0.2) is 5.16 Å². The SMILES string of the molecule is Cc1ccc(SCc2nnc(SCC(=O)OC(C)C)n2-c2ccccc2)cc1. The number of rotatable bonds is 8. The second-order valence-electron chi connectivity index (χ2n) is 6.50. The van der Waals surface area contributed by atoms with Gasteiger partial charge in [-0.15, -0.1) is 22.0 Å². The zero-order chi connectivity index (χ0) is 19.9. The minimum atomic E-state index is -0.252. The van der Waals surface area contributed by atoms with Crippen molar-refractivity contribution in [2.24, 2.45) is 0 Å². The molecule has 0 aliphatic heterocycles. The maximum Gasteiger partial charge on any atom is 0.316 e. The van der Waals surface area contributed by atoms with Crippen molar-refractivity contribution < 1.29 is 9.53 Å². The third-order valence-electron chi connectivity index (χ3n) is 3.79. The average Bonchev–Trinajstić information content (AvgIpc) is 3.09. The Morgan fingerprint density at radius 3 is 2.43 bits per heavy atom. The molecule has 0 aliphatic carbocycles. The Morgan fingerprint density at radius 2 is 1.75 bits per heavy atom. The van der Waals surface area contributed by atoms with E-state index in [1.54, 1.807) is 11.8 Å². The Kier molecular flexibility index (Phi) is 7.17. The molecule has 0 saturated heterocycles. The predicted molar refractivity (Wildman–Crippen MR) is 114 cm³/mol. The maximum atomic E-state index is 11.9. The van der Waals surface area contributed by atoms with Crippen molar-refractivity contribution in [1.82, 2.24) is 14.8 Å². The minimum absolute atomic E-state index is 0.124.